The molecule has 0 aromatic heterocycles. The summed E-state index contributed by atoms with van der Waals surface area (Å²) in [7, 11) is 0. The van der Waals surface area contributed by atoms with Gasteiger partial charge in [0.15, 0.2) is 6.61 Å². The van der Waals surface area contributed by atoms with Crippen molar-refractivity contribution < 1.29 is 9.53 Å². The van der Waals surface area contributed by atoms with E-state index in [-0.39, 0.29) is 11.7 Å². The molecule has 3 heteroatoms. The van der Waals surface area contributed by atoms with Gasteiger partial charge < -0.3 is 4.74 Å². The minimum absolute atomic E-state index is 0.0932. The summed E-state index contributed by atoms with van der Waals surface area (Å²) < 4.78 is 5.29. The van der Waals surface area contributed by atoms with E-state index < -0.39 is 0 Å². The lowest BCUT2D eigenvalue weighted by atomic mass is 10.3. The summed E-state index contributed by atoms with van der Waals surface area (Å²) in [4.78, 5) is 11.2. The minimum atomic E-state index is 0.0932. The fourth-order valence-corrected chi connectivity index (χ4v) is 1.49. The van der Waals surface area contributed by atoms with E-state index >= 15 is 0 Å². The normalized spacial score (nSPS) is 9.79. The van der Waals surface area contributed by atoms with Crippen LogP contribution in [0.25, 0.3) is 0 Å². The van der Waals surface area contributed by atoms with Crippen LogP contribution in [0, 0.1) is 0 Å². The summed E-state index contributed by atoms with van der Waals surface area (Å²) >= 11 is 1.33. The maximum Gasteiger partial charge on any atom is 0.226 e. The molecule has 1 aromatic rings. The molecule has 0 aliphatic heterocycles. The molecular formula is C11H14O2S. The summed E-state index contributed by atoms with van der Waals surface area (Å²) in [6.45, 7) is 2.22. The fourth-order valence-electron chi connectivity index (χ4n) is 0.917. The van der Waals surface area contributed by atoms with Gasteiger partial charge in [-0.05, 0) is 18.6 Å². The van der Waals surface area contributed by atoms with E-state index in [1.165, 1.54) is 11.8 Å². The van der Waals surface area contributed by atoms with Crippen LogP contribution in [0.2, 0.25) is 0 Å². The number of rotatable bonds is 5. The summed E-state index contributed by atoms with van der Waals surface area (Å²) in [5, 5.41) is 0.0932. The number of ether oxygens (including phenoxy) is 1. The van der Waals surface area contributed by atoms with Crippen molar-refractivity contribution in [3.63, 3.8) is 0 Å². The van der Waals surface area contributed by atoms with Crippen LogP contribution in [0.1, 0.15) is 13.3 Å². The summed E-state index contributed by atoms with van der Waals surface area (Å²) in [5.74, 6) is 1.62. The average Bonchev–Trinajstić information content (AvgIpc) is 2.25. The van der Waals surface area contributed by atoms with Crippen molar-refractivity contribution in [3.8, 4) is 5.75 Å². The van der Waals surface area contributed by atoms with Crippen LogP contribution >= 0.6 is 11.8 Å². The van der Waals surface area contributed by atoms with E-state index in [0.29, 0.717) is 0 Å². The molecule has 14 heavy (non-hydrogen) atoms. The first-order valence-electron chi connectivity index (χ1n) is 4.66. The third-order valence-electron chi connectivity index (χ3n) is 1.57. The monoisotopic (exact) mass is 210 g/mol. The van der Waals surface area contributed by atoms with Crippen LogP contribution in [0.15, 0.2) is 30.3 Å². The number of carbonyl (C=O) groups excluding carboxylic acids is 1. The molecule has 0 amide bonds. The molecule has 0 saturated carbocycles. The van der Waals surface area contributed by atoms with Crippen LogP contribution in [0.5, 0.6) is 5.75 Å². The van der Waals surface area contributed by atoms with Crippen LogP contribution in [-0.2, 0) is 4.79 Å². The Kier molecular flexibility index (Phi) is 5.15. The van der Waals surface area contributed by atoms with Crippen molar-refractivity contribution in [3.05, 3.63) is 30.3 Å². The first kappa shape index (κ1) is 11.1. The molecule has 0 heterocycles. The Hall–Kier alpha value is -0.960. The van der Waals surface area contributed by atoms with Crippen LogP contribution < -0.4 is 4.74 Å². The number of hydrogen-bond acceptors (Lipinski definition) is 3. The Labute approximate surface area is 88.7 Å². The first-order chi connectivity index (χ1) is 6.83. The Morgan fingerprint density at radius 1 is 1.36 bits per heavy atom. The molecule has 0 fully saturated rings. The quantitative estimate of drug-likeness (QED) is 0.747. The van der Waals surface area contributed by atoms with Crippen molar-refractivity contribution in [1.82, 2.24) is 0 Å². The Morgan fingerprint density at radius 3 is 2.71 bits per heavy atom. The molecule has 0 aliphatic carbocycles. The zero-order chi connectivity index (χ0) is 10.2. The zero-order valence-corrected chi connectivity index (χ0v) is 9.05. The van der Waals surface area contributed by atoms with Gasteiger partial charge in [0.1, 0.15) is 5.75 Å². The van der Waals surface area contributed by atoms with Crippen molar-refractivity contribution in [2.45, 2.75) is 13.3 Å². The van der Waals surface area contributed by atoms with Gasteiger partial charge in [-0.2, -0.15) is 0 Å². The van der Waals surface area contributed by atoms with Crippen LogP contribution in [0.3, 0.4) is 0 Å². The second-order valence-corrected chi connectivity index (χ2v) is 3.97. The lowest BCUT2D eigenvalue weighted by Gasteiger charge is -2.03. The highest BCUT2D eigenvalue weighted by molar-refractivity contribution is 8.13. The van der Waals surface area contributed by atoms with Crippen LogP contribution in [-0.4, -0.2) is 17.5 Å². The van der Waals surface area contributed by atoms with E-state index in [1.54, 1.807) is 0 Å². The third-order valence-corrected chi connectivity index (χ3v) is 2.62. The highest BCUT2D eigenvalue weighted by Crippen LogP contribution is 2.10. The summed E-state index contributed by atoms with van der Waals surface area (Å²) in [5.41, 5.74) is 0. The van der Waals surface area contributed by atoms with E-state index in [0.717, 1.165) is 17.9 Å². The van der Waals surface area contributed by atoms with Gasteiger partial charge in [0, 0.05) is 5.75 Å². The number of carbonyl (C=O) groups is 1. The Bertz CT molecular complexity index is 272. The Balaban J connectivity index is 2.24. The van der Waals surface area contributed by atoms with E-state index in [1.807, 2.05) is 30.3 Å². The molecule has 0 spiro atoms. The van der Waals surface area contributed by atoms with Gasteiger partial charge in [0.05, 0.1) is 0 Å². The van der Waals surface area contributed by atoms with Crippen LogP contribution in [0.4, 0.5) is 0 Å². The number of hydrogen-bond donors (Lipinski definition) is 0. The second kappa shape index (κ2) is 6.49. The molecule has 1 rings (SSSR count). The van der Waals surface area contributed by atoms with Gasteiger partial charge in [0.2, 0.25) is 5.12 Å². The second-order valence-electron chi connectivity index (χ2n) is 2.82. The molecule has 0 atom stereocenters. The average molecular weight is 210 g/mol. The number of thioether (sulfide) groups is 1. The largest absolute Gasteiger partial charge is 0.485 e. The molecule has 76 valence electrons. The lowest BCUT2D eigenvalue weighted by Crippen LogP contribution is -2.07. The zero-order valence-electron chi connectivity index (χ0n) is 8.23. The minimum Gasteiger partial charge on any atom is -0.485 e. The van der Waals surface area contributed by atoms with Gasteiger partial charge in [-0.25, -0.2) is 0 Å². The molecule has 0 unspecified atom stereocenters. The van der Waals surface area contributed by atoms with E-state index in [9.17, 15) is 4.79 Å². The van der Waals surface area contributed by atoms with Crippen molar-refractivity contribution >= 4 is 16.9 Å². The summed E-state index contributed by atoms with van der Waals surface area (Å²) in [6, 6.07) is 9.38. The SMILES string of the molecule is CCCSC(=O)COc1ccccc1. The predicted molar refractivity (Wildman–Crippen MR) is 59.7 cm³/mol. The number of benzene rings is 1. The third kappa shape index (κ3) is 4.33. The maximum absolute atomic E-state index is 11.2. The van der Waals surface area contributed by atoms with Crippen molar-refractivity contribution in [2.75, 3.05) is 12.4 Å². The van der Waals surface area contributed by atoms with Gasteiger partial charge in [-0.3, -0.25) is 4.79 Å². The van der Waals surface area contributed by atoms with Gasteiger partial charge in [0.25, 0.3) is 0 Å². The van der Waals surface area contributed by atoms with Crippen molar-refractivity contribution in [1.29, 1.82) is 0 Å². The summed E-state index contributed by atoms with van der Waals surface area (Å²) in [6.07, 6.45) is 1.02. The smallest absolute Gasteiger partial charge is 0.226 e. The topological polar surface area (TPSA) is 26.3 Å². The predicted octanol–water partition coefficient (Wildman–Crippen LogP) is 2.74. The molecule has 2 nitrogen and oxygen atoms in total. The van der Waals surface area contributed by atoms with E-state index in [2.05, 4.69) is 6.92 Å². The highest BCUT2D eigenvalue weighted by Gasteiger charge is 2.02. The molecule has 0 saturated heterocycles. The first-order valence-corrected chi connectivity index (χ1v) is 5.65. The van der Waals surface area contributed by atoms with Gasteiger partial charge >= 0.3 is 0 Å². The molecule has 0 bridgehead atoms. The number of para-hydroxylation sites is 1. The molecule has 0 radical (unpaired) electrons. The van der Waals surface area contributed by atoms with Crippen molar-refractivity contribution in [2.24, 2.45) is 0 Å². The van der Waals surface area contributed by atoms with Gasteiger partial charge in [-0.15, -0.1) is 0 Å². The lowest BCUT2D eigenvalue weighted by molar-refractivity contribution is -0.112. The molecule has 0 N–H and O–H groups in total. The highest BCUT2D eigenvalue weighted by atomic mass is 32.2. The standard InChI is InChI=1S/C11H14O2S/c1-2-8-14-11(12)9-13-10-6-4-3-5-7-10/h3-7H,2,8-9H2,1H3. The molecular weight excluding hydrogens is 196 g/mol. The maximum atomic E-state index is 11.2. The van der Waals surface area contributed by atoms with Gasteiger partial charge in [-0.1, -0.05) is 36.9 Å². The molecule has 0 aliphatic rings. The fraction of sp³-hybridized carbons (Fsp3) is 0.364. The van der Waals surface area contributed by atoms with E-state index in [4.69, 9.17) is 4.74 Å². The molecule has 1 aromatic carbocycles. The Morgan fingerprint density at radius 2 is 2.07 bits per heavy atom.